The van der Waals surface area contributed by atoms with Gasteiger partial charge in [0, 0.05) is 18.8 Å². The van der Waals surface area contributed by atoms with Crippen molar-refractivity contribution in [2.75, 3.05) is 39.2 Å². The number of amides is 1. The number of ether oxygens (including phenoxy) is 3. The minimum Gasteiger partial charge on any atom is -0.493 e. The Balaban J connectivity index is 1.51. The first kappa shape index (κ1) is 21.0. The molecule has 2 aromatic rings. The van der Waals surface area contributed by atoms with Gasteiger partial charge in [-0.2, -0.15) is 0 Å². The van der Waals surface area contributed by atoms with Crippen LogP contribution in [0.2, 0.25) is 0 Å². The van der Waals surface area contributed by atoms with Crippen LogP contribution in [-0.4, -0.2) is 50.8 Å². The number of aryl methyl sites for hydroxylation is 2. The Hall–Kier alpha value is -2.73. The number of anilines is 1. The van der Waals surface area contributed by atoms with Gasteiger partial charge in [0.2, 0.25) is 11.7 Å². The molecule has 0 aromatic heterocycles. The maximum atomic E-state index is 12.4. The summed E-state index contributed by atoms with van der Waals surface area (Å²) in [5.41, 5.74) is 3.15. The molecule has 2 aromatic carbocycles. The van der Waals surface area contributed by atoms with E-state index in [1.807, 2.05) is 44.2 Å². The molecule has 1 heterocycles. The number of carbonyl (C=O) groups is 1. The molecule has 29 heavy (non-hydrogen) atoms. The van der Waals surface area contributed by atoms with Crippen LogP contribution in [0.3, 0.4) is 0 Å². The van der Waals surface area contributed by atoms with Gasteiger partial charge in [-0.05, 0) is 50.5 Å². The number of carbonyl (C=O) groups excluding carboxylic acids is 1. The van der Waals surface area contributed by atoms with Gasteiger partial charge in [0.1, 0.15) is 6.10 Å². The number of hydrogen-bond acceptors (Lipinski definition) is 5. The Morgan fingerprint density at radius 3 is 2.31 bits per heavy atom. The minimum atomic E-state index is 0.0164. The molecule has 6 heteroatoms. The van der Waals surface area contributed by atoms with Gasteiger partial charge in [0.15, 0.2) is 11.5 Å². The second-order valence-corrected chi connectivity index (χ2v) is 7.45. The molecule has 0 radical (unpaired) electrons. The van der Waals surface area contributed by atoms with E-state index in [2.05, 4.69) is 16.3 Å². The largest absolute Gasteiger partial charge is 0.493 e. The Bertz CT molecular complexity index is 823. The van der Waals surface area contributed by atoms with Gasteiger partial charge in [0.25, 0.3) is 0 Å². The summed E-state index contributed by atoms with van der Waals surface area (Å²) in [6.45, 7) is 6.06. The molecular weight excluding hydrogens is 368 g/mol. The fraction of sp³-hybridized carbons (Fsp3) is 0.435. The summed E-state index contributed by atoms with van der Waals surface area (Å²) in [5.74, 6) is 1.99. The van der Waals surface area contributed by atoms with Crippen LogP contribution in [0, 0.1) is 13.8 Å². The highest BCUT2D eigenvalue weighted by Crippen LogP contribution is 2.38. The van der Waals surface area contributed by atoms with Crippen LogP contribution in [0.5, 0.6) is 17.2 Å². The Kier molecular flexibility index (Phi) is 6.99. The summed E-state index contributed by atoms with van der Waals surface area (Å²) in [4.78, 5) is 14.6. The van der Waals surface area contributed by atoms with Crippen molar-refractivity contribution in [2.24, 2.45) is 0 Å². The fourth-order valence-corrected chi connectivity index (χ4v) is 3.63. The maximum Gasteiger partial charge on any atom is 0.238 e. The average Bonchev–Trinajstić information content (AvgIpc) is 2.71. The lowest BCUT2D eigenvalue weighted by Crippen LogP contribution is -2.42. The predicted molar refractivity (Wildman–Crippen MR) is 114 cm³/mol. The number of para-hydroxylation sites is 1. The first-order chi connectivity index (χ1) is 14.0. The van der Waals surface area contributed by atoms with Crippen molar-refractivity contribution < 1.29 is 19.0 Å². The van der Waals surface area contributed by atoms with Gasteiger partial charge < -0.3 is 19.5 Å². The zero-order chi connectivity index (χ0) is 20.8. The molecule has 1 fully saturated rings. The van der Waals surface area contributed by atoms with Crippen LogP contribution < -0.4 is 19.5 Å². The normalized spacial score (nSPS) is 15.0. The van der Waals surface area contributed by atoms with Gasteiger partial charge in [-0.15, -0.1) is 0 Å². The molecule has 1 amide bonds. The molecule has 0 spiro atoms. The molecule has 156 valence electrons. The van der Waals surface area contributed by atoms with Gasteiger partial charge in [-0.25, -0.2) is 0 Å². The number of likely N-dealkylation sites (tertiary alicyclic amines) is 1. The summed E-state index contributed by atoms with van der Waals surface area (Å²) in [6, 6.07) is 11.7. The minimum absolute atomic E-state index is 0.0164. The van der Waals surface area contributed by atoms with Gasteiger partial charge in [0.05, 0.1) is 20.8 Å². The Labute approximate surface area is 172 Å². The second-order valence-electron chi connectivity index (χ2n) is 7.45. The van der Waals surface area contributed by atoms with Crippen molar-refractivity contribution in [3.05, 3.63) is 47.5 Å². The summed E-state index contributed by atoms with van der Waals surface area (Å²) < 4.78 is 17.0. The van der Waals surface area contributed by atoms with E-state index in [0.29, 0.717) is 23.8 Å². The van der Waals surface area contributed by atoms with E-state index in [-0.39, 0.29) is 12.0 Å². The lowest BCUT2D eigenvalue weighted by atomic mass is 10.1. The molecule has 6 nitrogen and oxygen atoms in total. The van der Waals surface area contributed by atoms with Crippen LogP contribution in [0.4, 0.5) is 5.69 Å². The number of methoxy groups -OCH3 is 2. The molecule has 0 saturated carbocycles. The van der Waals surface area contributed by atoms with Gasteiger partial charge in [-0.3, -0.25) is 9.69 Å². The molecule has 0 bridgehead atoms. The zero-order valence-electron chi connectivity index (χ0n) is 17.7. The summed E-state index contributed by atoms with van der Waals surface area (Å²) in [6.07, 6.45) is 1.76. The third kappa shape index (κ3) is 5.41. The standard InChI is InChI=1S/C23H30N2O4/c1-16-8-9-19(17(2)14-16)24-22(26)15-25-12-10-18(11-13-25)29-23-20(27-3)6-5-7-21(23)28-4/h5-9,14,18H,10-13,15H2,1-4H3,(H,24,26). The molecule has 0 unspecified atom stereocenters. The van der Waals surface area contributed by atoms with Gasteiger partial charge >= 0.3 is 0 Å². The highest BCUT2D eigenvalue weighted by atomic mass is 16.5. The monoisotopic (exact) mass is 398 g/mol. The lowest BCUT2D eigenvalue weighted by molar-refractivity contribution is -0.117. The van der Waals surface area contributed by atoms with Crippen molar-refractivity contribution in [3.8, 4) is 17.2 Å². The van der Waals surface area contributed by atoms with Crippen molar-refractivity contribution in [2.45, 2.75) is 32.8 Å². The third-order valence-corrected chi connectivity index (χ3v) is 5.22. The van der Waals surface area contributed by atoms with Crippen LogP contribution in [-0.2, 0) is 4.79 Å². The maximum absolute atomic E-state index is 12.4. The van der Waals surface area contributed by atoms with E-state index in [0.717, 1.165) is 37.2 Å². The van der Waals surface area contributed by atoms with Crippen LogP contribution in [0.1, 0.15) is 24.0 Å². The van der Waals surface area contributed by atoms with Crippen molar-refractivity contribution >= 4 is 11.6 Å². The van der Waals surface area contributed by atoms with E-state index in [4.69, 9.17) is 14.2 Å². The van der Waals surface area contributed by atoms with Crippen molar-refractivity contribution in [1.82, 2.24) is 4.90 Å². The molecule has 1 aliphatic heterocycles. The van der Waals surface area contributed by atoms with Crippen molar-refractivity contribution in [1.29, 1.82) is 0 Å². The molecular formula is C23H30N2O4. The average molecular weight is 399 g/mol. The smallest absolute Gasteiger partial charge is 0.238 e. The number of rotatable bonds is 7. The topological polar surface area (TPSA) is 60.0 Å². The lowest BCUT2D eigenvalue weighted by Gasteiger charge is -2.32. The fourth-order valence-electron chi connectivity index (χ4n) is 3.63. The third-order valence-electron chi connectivity index (χ3n) is 5.22. The quantitative estimate of drug-likeness (QED) is 0.769. The number of hydrogen-bond donors (Lipinski definition) is 1. The molecule has 1 aliphatic rings. The summed E-state index contributed by atoms with van der Waals surface area (Å²) in [5, 5.41) is 3.02. The summed E-state index contributed by atoms with van der Waals surface area (Å²) in [7, 11) is 3.25. The Morgan fingerprint density at radius 2 is 1.72 bits per heavy atom. The molecule has 3 rings (SSSR count). The number of benzene rings is 2. The molecule has 1 saturated heterocycles. The zero-order valence-corrected chi connectivity index (χ0v) is 17.7. The van der Waals surface area contributed by atoms with Crippen LogP contribution in [0.15, 0.2) is 36.4 Å². The SMILES string of the molecule is COc1cccc(OC)c1OC1CCN(CC(=O)Nc2ccc(C)cc2C)CC1. The van der Waals surface area contributed by atoms with E-state index in [9.17, 15) is 4.79 Å². The highest BCUT2D eigenvalue weighted by molar-refractivity contribution is 5.93. The van der Waals surface area contributed by atoms with E-state index < -0.39 is 0 Å². The number of nitrogens with zero attached hydrogens (tertiary/aromatic N) is 1. The number of piperidine rings is 1. The van der Waals surface area contributed by atoms with E-state index >= 15 is 0 Å². The highest BCUT2D eigenvalue weighted by Gasteiger charge is 2.24. The second kappa shape index (κ2) is 9.65. The van der Waals surface area contributed by atoms with E-state index in [1.165, 1.54) is 5.56 Å². The van der Waals surface area contributed by atoms with Crippen molar-refractivity contribution in [3.63, 3.8) is 0 Å². The van der Waals surface area contributed by atoms with Crippen LogP contribution >= 0.6 is 0 Å². The first-order valence-corrected chi connectivity index (χ1v) is 9.97. The predicted octanol–water partition coefficient (Wildman–Crippen LogP) is 3.80. The summed E-state index contributed by atoms with van der Waals surface area (Å²) >= 11 is 0. The van der Waals surface area contributed by atoms with Crippen LogP contribution in [0.25, 0.3) is 0 Å². The molecule has 1 N–H and O–H groups in total. The van der Waals surface area contributed by atoms with E-state index in [1.54, 1.807) is 14.2 Å². The molecule has 0 atom stereocenters. The number of nitrogens with one attached hydrogen (secondary N) is 1. The Morgan fingerprint density at radius 1 is 1.07 bits per heavy atom. The van der Waals surface area contributed by atoms with Gasteiger partial charge in [-0.1, -0.05) is 23.8 Å². The first-order valence-electron chi connectivity index (χ1n) is 9.97. The molecule has 0 aliphatic carbocycles.